The summed E-state index contributed by atoms with van der Waals surface area (Å²) in [5, 5.41) is 12.1. The van der Waals surface area contributed by atoms with E-state index in [1.54, 1.807) is 0 Å². The van der Waals surface area contributed by atoms with Crippen molar-refractivity contribution < 1.29 is 4.79 Å². The maximum atomic E-state index is 12.8. The van der Waals surface area contributed by atoms with Gasteiger partial charge in [-0.3, -0.25) is 4.79 Å². The van der Waals surface area contributed by atoms with Crippen LogP contribution in [0.3, 0.4) is 0 Å². The largest absolute Gasteiger partial charge is 0.325 e. The molecule has 0 unspecified atom stereocenters. The summed E-state index contributed by atoms with van der Waals surface area (Å²) in [7, 11) is 0. The number of amides is 1. The van der Waals surface area contributed by atoms with Gasteiger partial charge in [-0.2, -0.15) is 0 Å². The van der Waals surface area contributed by atoms with Crippen molar-refractivity contribution in [2.75, 3.05) is 5.32 Å². The van der Waals surface area contributed by atoms with Crippen LogP contribution in [0.1, 0.15) is 31.6 Å². The number of carbonyl (C=O) groups is 1. The van der Waals surface area contributed by atoms with Crippen LogP contribution in [0, 0.1) is 6.92 Å². The number of rotatable bonds is 6. The molecule has 0 aliphatic heterocycles. The van der Waals surface area contributed by atoms with Gasteiger partial charge in [-0.05, 0) is 38.3 Å². The summed E-state index contributed by atoms with van der Waals surface area (Å²) < 4.78 is 2.16. The average Bonchev–Trinajstić information content (AvgIpc) is 3.46. The smallest absolute Gasteiger partial charge is 0.237 e. The van der Waals surface area contributed by atoms with Gasteiger partial charge in [-0.25, -0.2) is 0 Å². The number of aryl methyl sites for hydroxylation is 1. The van der Waals surface area contributed by atoms with Crippen molar-refractivity contribution >= 4 is 23.4 Å². The monoisotopic (exact) mass is 378 g/mol. The third kappa shape index (κ3) is 3.90. The highest BCUT2D eigenvalue weighted by Crippen LogP contribution is 2.39. The van der Waals surface area contributed by atoms with Gasteiger partial charge in [-0.1, -0.05) is 60.3 Å². The molecule has 0 spiro atoms. The summed E-state index contributed by atoms with van der Waals surface area (Å²) in [6.07, 6.45) is 2.33. The minimum Gasteiger partial charge on any atom is -0.325 e. The molecule has 1 N–H and O–H groups in total. The number of nitrogens with one attached hydrogen (secondary N) is 1. The number of hydrogen-bond acceptors (Lipinski definition) is 4. The molecule has 1 fully saturated rings. The van der Waals surface area contributed by atoms with E-state index in [-0.39, 0.29) is 11.2 Å². The molecule has 3 aromatic rings. The van der Waals surface area contributed by atoms with Crippen LogP contribution in [0.5, 0.6) is 0 Å². The first-order chi connectivity index (χ1) is 13.1. The first-order valence-corrected chi connectivity index (χ1v) is 10.0. The molecule has 1 aromatic heterocycles. The molecule has 0 saturated heterocycles. The molecule has 6 heteroatoms. The Balaban J connectivity index is 1.50. The maximum Gasteiger partial charge on any atom is 0.237 e. The van der Waals surface area contributed by atoms with Gasteiger partial charge in [0.05, 0.1) is 5.25 Å². The number of aromatic nitrogens is 3. The maximum absolute atomic E-state index is 12.8. The predicted molar refractivity (Wildman–Crippen MR) is 109 cm³/mol. The van der Waals surface area contributed by atoms with Crippen molar-refractivity contribution in [2.45, 2.75) is 43.1 Å². The van der Waals surface area contributed by atoms with E-state index < -0.39 is 0 Å². The summed E-state index contributed by atoms with van der Waals surface area (Å²) in [6.45, 7) is 3.88. The SMILES string of the molecule is Cc1nnc(S[C@@H](C)C(=O)Nc2ccccc2-c2ccccc2)n1C1CC1. The van der Waals surface area contributed by atoms with Crippen molar-refractivity contribution in [2.24, 2.45) is 0 Å². The number of hydrogen-bond donors (Lipinski definition) is 1. The van der Waals surface area contributed by atoms with E-state index >= 15 is 0 Å². The summed E-state index contributed by atoms with van der Waals surface area (Å²) in [5.41, 5.74) is 2.92. The lowest BCUT2D eigenvalue weighted by molar-refractivity contribution is -0.115. The van der Waals surface area contributed by atoms with Gasteiger partial charge in [0, 0.05) is 17.3 Å². The Morgan fingerprint density at radius 2 is 1.81 bits per heavy atom. The average molecular weight is 379 g/mol. The molecule has 1 heterocycles. The Bertz CT molecular complexity index is 950. The lowest BCUT2D eigenvalue weighted by atomic mass is 10.0. The summed E-state index contributed by atoms with van der Waals surface area (Å²) >= 11 is 1.47. The van der Waals surface area contributed by atoms with E-state index in [1.165, 1.54) is 11.8 Å². The molecule has 0 bridgehead atoms. The molecule has 27 heavy (non-hydrogen) atoms. The van der Waals surface area contributed by atoms with Crippen molar-refractivity contribution in [1.29, 1.82) is 0 Å². The quantitative estimate of drug-likeness (QED) is 0.631. The molecule has 5 nitrogen and oxygen atoms in total. The van der Waals surface area contributed by atoms with E-state index in [2.05, 4.69) is 20.1 Å². The Morgan fingerprint density at radius 1 is 1.11 bits per heavy atom. The normalized spacial score (nSPS) is 14.7. The second-order valence-electron chi connectivity index (χ2n) is 6.79. The van der Waals surface area contributed by atoms with E-state index in [4.69, 9.17) is 0 Å². The van der Waals surface area contributed by atoms with Gasteiger partial charge in [0.25, 0.3) is 0 Å². The molecule has 2 aromatic carbocycles. The van der Waals surface area contributed by atoms with Crippen LogP contribution in [0.25, 0.3) is 11.1 Å². The lowest BCUT2D eigenvalue weighted by Gasteiger charge is -2.15. The van der Waals surface area contributed by atoms with Crippen molar-refractivity contribution in [3.05, 3.63) is 60.4 Å². The third-order valence-corrected chi connectivity index (χ3v) is 5.72. The van der Waals surface area contributed by atoms with E-state index in [9.17, 15) is 4.79 Å². The van der Waals surface area contributed by atoms with Crippen LogP contribution in [-0.2, 0) is 4.79 Å². The molecule has 4 rings (SSSR count). The van der Waals surface area contributed by atoms with Crippen LogP contribution in [0.15, 0.2) is 59.8 Å². The Hall–Kier alpha value is -2.60. The first kappa shape index (κ1) is 17.8. The van der Waals surface area contributed by atoms with Crippen molar-refractivity contribution in [3.63, 3.8) is 0 Å². The number of benzene rings is 2. The van der Waals surface area contributed by atoms with Gasteiger partial charge in [0.2, 0.25) is 5.91 Å². The highest BCUT2D eigenvalue weighted by atomic mass is 32.2. The van der Waals surface area contributed by atoms with Crippen LogP contribution in [-0.4, -0.2) is 25.9 Å². The van der Waals surface area contributed by atoms with Gasteiger partial charge in [0.15, 0.2) is 5.16 Å². The number of anilines is 1. The third-order valence-electron chi connectivity index (χ3n) is 4.67. The zero-order valence-corrected chi connectivity index (χ0v) is 16.2. The second kappa shape index (κ2) is 7.56. The fraction of sp³-hybridized carbons (Fsp3) is 0.286. The van der Waals surface area contributed by atoms with Crippen LogP contribution in [0.2, 0.25) is 0 Å². The highest BCUT2D eigenvalue weighted by Gasteiger charge is 2.30. The van der Waals surface area contributed by atoms with Gasteiger partial charge in [-0.15, -0.1) is 10.2 Å². The fourth-order valence-electron chi connectivity index (χ4n) is 3.09. The van der Waals surface area contributed by atoms with E-state index in [1.807, 2.05) is 68.4 Å². The molecule has 1 aliphatic rings. The first-order valence-electron chi connectivity index (χ1n) is 9.17. The van der Waals surface area contributed by atoms with E-state index in [0.717, 1.165) is 40.6 Å². The molecule has 0 radical (unpaired) electrons. The number of thioether (sulfide) groups is 1. The summed E-state index contributed by atoms with van der Waals surface area (Å²) in [4.78, 5) is 12.8. The molecular weight excluding hydrogens is 356 g/mol. The Labute approximate surface area is 163 Å². The summed E-state index contributed by atoms with van der Waals surface area (Å²) in [6, 6.07) is 18.5. The summed E-state index contributed by atoms with van der Waals surface area (Å²) in [5.74, 6) is 0.883. The van der Waals surface area contributed by atoms with E-state index in [0.29, 0.717) is 6.04 Å². The molecule has 1 aliphatic carbocycles. The molecule has 138 valence electrons. The molecule has 1 saturated carbocycles. The molecular formula is C21H22N4OS. The highest BCUT2D eigenvalue weighted by molar-refractivity contribution is 8.00. The van der Waals surface area contributed by atoms with Gasteiger partial charge >= 0.3 is 0 Å². The van der Waals surface area contributed by atoms with Crippen molar-refractivity contribution in [1.82, 2.24) is 14.8 Å². The van der Waals surface area contributed by atoms with Crippen molar-refractivity contribution in [3.8, 4) is 11.1 Å². The number of nitrogens with zero attached hydrogens (tertiary/aromatic N) is 3. The van der Waals surface area contributed by atoms with Crippen LogP contribution < -0.4 is 5.32 Å². The topological polar surface area (TPSA) is 59.8 Å². The standard InChI is InChI=1S/C21H22N4OS/c1-14(27-21-24-23-15(2)25(21)17-12-13-17)20(26)22-19-11-7-6-10-18(19)16-8-4-3-5-9-16/h3-11,14,17H,12-13H2,1-2H3,(H,22,26)/t14-/m0/s1. The predicted octanol–water partition coefficient (Wildman–Crippen LogP) is 4.71. The second-order valence-corrected chi connectivity index (χ2v) is 8.10. The van der Waals surface area contributed by atoms with Crippen LogP contribution >= 0.6 is 11.8 Å². The zero-order chi connectivity index (χ0) is 18.8. The lowest BCUT2D eigenvalue weighted by Crippen LogP contribution is -2.23. The number of para-hydroxylation sites is 1. The van der Waals surface area contributed by atoms with Gasteiger partial charge < -0.3 is 9.88 Å². The minimum atomic E-state index is -0.269. The Morgan fingerprint density at radius 3 is 2.56 bits per heavy atom. The molecule has 1 amide bonds. The zero-order valence-electron chi connectivity index (χ0n) is 15.4. The number of carbonyl (C=O) groups excluding carboxylic acids is 1. The van der Waals surface area contributed by atoms with Gasteiger partial charge in [0.1, 0.15) is 5.82 Å². The fourth-order valence-corrected chi connectivity index (χ4v) is 4.06. The Kier molecular flexibility index (Phi) is 4.99. The molecule has 1 atom stereocenters. The minimum absolute atomic E-state index is 0.0358. The van der Waals surface area contributed by atoms with Crippen LogP contribution in [0.4, 0.5) is 5.69 Å².